The number of amides is 1. The van der Waals surface area contributed by atoms with E-state index in [1.165, 1.54) is 4.90 Å². The first-order valence-electron chi connectivity index (χ1n) is 9.20. The molecule has 2 heterocycles. The van der Waals surface area contributed by atoms with Gasteiger partial charge < -0.3 is 9.47 Å². The molecule has 0 N–H and O–H groups in total. The SMILES string of the molecule is COc1cccc(C(=O)N(C[C@@H]2CCCO2)c2nc3ccc(SC)cc3s2)c1. The molecule has 1 aliphatic rings. The number of fused-ring (bicyclic) bond motifs is 1. The summed E-state index contributed by atoms with van der Waals surface area (Å²) in [5, 5.41) is 0.705. The highest BCUT2D eigenvalue weighted by molar-refractivity contribution is 7.98. The number of anilines is 1. The highest BCUT2D eigenvalue weighted by Crippen LogP contribution is 2.33. The van der Waals surface area contributed by atoms with Crippen molar-refractivity contribution >= 4 is 44.4 Å². The Morgan fingerprint density at radius 3 is 3.00 bits per heavy atom. The molecule has 2 aromatic carbocycles. The number of ether oxygens (including phenoxy) is 2. The third-order valence-corrected chi connectivity index (χ3v) is 6.55. The van der Waals surface area contributed by atoms with Gasteiger partial charge in [0.2, 0.25) is 0 Å². The number of rotatable bonds is 6. The van der Waals surface area contributed by atoms with Crippen molar-refractivity contribution in [2.45, 2.75) is 23.8 Å². The second-order valence-electron chi connectivity index (χ2n) is 6.61. The molecular weight excluding hydrogens is 392 g/mol. The van der Waals surface area contributed by atoms with E-state index < -0.39 is 0 Å². The van der Waals surface area contributed by atoms with Crippen LogP contribution < -0.4 is 9.64 Å². The van der Waals surface area contributed by atoms with Crippen LogP contribution in [-0.4, -0.2) is 43.5 Å². The third kappa shape index (κ3) is 4.01. The molecule has 1 amide bonds. The molecule has 5 nitrogen and oxygen atoms in total. The molecular formula is C21H22N2O3S2. The Morgan fingerprint density at radius 1 is 1.36 bits per heavy atom. The first-order chi connectivity index (χ1) is 13.7. The summed E-state index contributed by atoms with van der Waals surface area (Å²) in [6.07, 6.45) is 4.09. The van der Waals surface area contributed by atoms with Crippen molar-refractivity contribution in [2.75, 3.05) is 31.4 Å². The number of thioether (sulfide) groups is 1. The van der Waals surface area contributed by atoms with Crippen molar-refractivity contribution in [3.63, 3.8) is 0 Å². The summed E-state index contributed by atoms with van der Waals surface area (Å²) in [4.78, 5) is 21.1. The minimum Gasteiger partial charge on any atom is -0.497 e. The van der Waals surface area contributed by atoms with E-state index in [1.807, 2.05) is 24.3 Å². The van der Waals surface area contributed by atoms with Gasteiger partial charge in [0, 0.05) is 17.1 Å². The van der Waals surface area contributed by atoms with Crippen LogP contribution in [0.1, 0.15) is 23.2 Å². The zero-order valence-electron chi connectivity index (χ0n) is 15.9. The monoisotopic (exact) mass is 414 g/mol. The van der Waals surface area contributed by atoms with Crippen LogP contribution in [0.15, 0.2) is 47.4 Å². The number of thiazole rings is 1. The molecule has 0 spiro atoms. The smallest absolute Gasteiger partial charge is 0.260 e. The molecule has 1 aromatic heterocycles. The molecule has 0 radical (unpaired) electrons. The van der Waals surface area contributed by atoms with Gasteiger partial charge >= 0.3 is 0 Å². The third-order valence-electron chi connectivity index (χ3n) is 4.79. The van der Waals surface area contributed by atoms with Crippen molar-refractivity contribution in [2.24, 2.45) is 0 Å². The Kier molecular flexibility index (Phi) is 5.85. The van der Waals surface area contributed by atoms with Crippen molar-refractivity contribution < 1.29 is 14.3 Å². The van der Waals surface area contributed by atoms with Crippen LogP contribution in [0.4, 0.5) is 5.13 Å². The predicted octanol–water partition coefficient (Wildman–Crippen LogP) is 4.85. The normalized spacial score (nSPS) is 16.4. The van der Waals surface area contributed by atoms with Crippen molar-refractivity contribution in [3.05, 3.63) is 48.0 Å². The Morgan fingerprint density at radius 2 is 2.25 bits per heavy atom. The minimum absolute atomic E-state index is 0.0447. The van der Waals surface area contributed by atoms with Gasteiger partial charge in [-0.05, 0) is 55.5 Å². The molecule has 28 heavy (non-hydrogen) atoms. The van der Waals surface area contributed by atoms with Crippen LogP contribution >= 0.6 is 23.1 Å². The van der Waals surface area contributed by atoms with Crippen molar-refractivity contribution in [3.8, 4) is 5.75 Å². The van der Waals surface area contributed by atoms with Crippen molar-refractivity contribution in [1.82, 2.24) is 4.98 Å². The van der Waals surface area contributed by atoms with E-state index in [0.29, 0.717) is 23.0 Å². The molecule has 0 aliphatic carbocycles. The summed E-state index contributed by atoms with van der Waals surface area (Å²) in [5.74, 6) is 0.579. The molecule has 1 saturated heterocycles. The first-order valence-corrected chi connectivity index (χ1v) is 11.2. The largest absolute Gasteiger partial charge is 0.497 e. The molecule has 0 unspecified atom stereocenters. The molecule has 1 atom stereocenters. The zero-order valence-corrected chi connectivity index (χ0v) is 17.5. The highest BCUT2D eigenvalue weighted by atomic mass is 32.2. The molecule has 0 bridgehead atoms. The number of hydrogen-bond donors (Lipinski definition) is 0. The lowest BCUT2D eigenvalue weighted by atomic mass is 10.1. The average Bonchev–Trinajstić information content (AvgIpc) is 3.40. The maximum atomic E-state index is 13.4. The minimum atomic E-state index is -0.0847. The summed E-state index contributed by atoms with van der Waals surface area (Å²) in [7, 11) is 1.60. The van der Waals surface area contributed by atoms with Crippen molar-refractivity contribution in [1.29, 1.82) is 0 Å². The summed E-state index contributed by atoms with van der Waals surface area (Å²) in [5.41, 5.74) is 1.50. The number of carbonyl (C=O) groups excluding carboxylic acids is 1. The Hall–Kier alpha value is -2.09. The van der Waals surface area contributed by atoms with Gasteiger partial charge in [-0.2, -0.15) is 0 Å². The van der Waals surface area contributed by atoms with Crippen LogP contribution in [0, 0.1) is 0 Å². The van der Waals surface area contributed by atoms with E-state index in [-0.39, 0.29) is 12.0 Å². The van der Waals surface area contributed by atoms with E-state index in [9.17, 15) is 4.79 Å². The molecule has 1 aliphatic heterocycles. The number of carbonyl (C=O) groups is 1. The molecule has 7 heteroatoms. The lowest BCUT2D eigenvalue weighted by Gasteiger charge is -2.23. The van der Waals surface area contributed by atoms with Crippen LogP contribution in [0.5, 0.6) is 5.75 Å². The highest BCUT2D eigenvalue weighted by Gasteiger charge is 2.27. The van der Waals surface area contributed by atoms with Crippen LogP contribution in [0.25, 0.3) is 10.2 Å². The first kappa shape index (κ1) is 19.2. The fourth-order valence-electron chi connectivity index (χ4n) is 3.29. The summed E-state index contributed by atoms with van der Waals surface area (Å²) in [6.45, 7) is 1.26. The number of aromatic nitrogens is 1. The molecule has 0 saturated carbocycles. The van der Waals surface area contributed by atoms with E-state index in [1.54, 1.807) is 41.2 Å². The van der Waals surface area contributed by atoms with E-state index >= 15 is 0 Å². The summed E-state index contributed by atoms with van der Waals surface area (Å²) in [6, 6.07) is 13.5. The molecule has 3 aromatic rings. The Labute approximate surface area is 172 Å². The maximum Gasteiger partial charge on any atom is 0.260 e. The Balaban J connectivity index is 1.71. The quantitative estimate of drug-likeness (QED) is 0.540. The topological polar surface area (TPSA) is 51.7 Å². The molecule has 1 fully saturated rings. The summed E-state index contributed by atoms with van der Waals surface area (Å²) >= 11 is 3.24. The van der Waals surface area contributed by atoms with Gasteiger partial charge in [0.1, 0.15) is 5.75 Å². The standard InChI is InChI=1S/C21H22N2O3S2/c1-25-15-6-3-5-14(11-15)20(24)23(13-16-7-4-10-26-16)21-22-18-9-8-17(27-2)12-19(18)28-21/h3,5-6,8-9,11-12,16H,4,7,10,13H2,1-2H3/t16-/m0/s1. The second kappa shape index (κ2) is 8.51. The fraction of sp³-hybridized carbons (Fsp3) is 0.333. The van der Waals surface area contributed by atoms with Crippen LogP contribution in [0.2, 0.25) is 0 Å². The van der Waals surface area contributed by atoms with E-state index in [0.717, 1.165) is 29.7 Å². The number of benzene rings is 2. The Bertz CT molecular complexity index is 983. The van der Waals surface area contributed by atoms with Gasteiger partial charge in [-0.3, -0.25) is 9.69 Å². The lowest BCUT2D eigenvalue weighted by molar-refractivity contribution is 0.0917. The number of hydrogen-bond acceptors (Lipinski definition) is 6. The number of methoxy groups -OCH3 is 1. The predicted molar refractivity (Wildman–Crippen MR) is 115 cm³/mol. The van der Waals surface area contributed by atoms with Crippen LogP contribution in [0.3, 0.4) is 0 Å². The summed E-state index contributed by atoms with van der Waals surface area (Å²) < 4.78 is 12.2. The van der Waals surface area contributed by atoms with Gasteiger partial charge in [-0.15, -0.1) is 11.8 Å². The fourth-order valence-corrected chi connectivity index (χ4v) is 4.81. The van der Waals surface area contributed by atoms with Gasteiger partial charge in [0.15, 0.2) is 5.13 Å². The van der Waals surface area contributed by atoms with E-state index in [4.69, 9.17) is 14.5 Å². The zero-order chi connectivity index (χ0) is 19.5. The molecule has 4 rings (SSSR count). The molecule has 146 valence electrons. The van der Waals surface area contributed by atoms with E-state index in [2.05, 4.69) is 18.4 Å². The average molecular weight is 415 g/mol. The van der Waals surface area contributed by atoms with Gasteiger partial charge in [0.25, 0.3) is 5.91 Å². The van der Waals surface area contributed by atoms with Gasteiger partial charge in [0.05, 0.1) is 30.0 Å². The van der Waals surface area contributed by atoms with Crippen LogP contribution in [-0.2, 0) is 4.74 Å². The number of nitrogens with zero attached hydrogens (tertiary/aromatic N) is 2. The van der Waals surface area contributed by atoms with Gasteiger partial charge in [-0.1, -0.05) is 17.4 Å². The lowest BCUT2D eigenvalue weighted by Crippen LogP contribution is -2.37. The second-order valence-corrected chi connectivity index (χ2v) is 8.50. The van der Waals surface area contributed by atoms with Gasteiger partial charge in [-0.25, -0.2) is 4.98 Å². The maximum absolute atomic E-state index is 13.4.